The van der Waals surface area contributed by atoms with Crippen LogP contribution in [-0.2, 0) is 4.79 Å². The molecule has 104 valence electrons. The van der Waals surface area contributed by atoms with E-state index in [4.69, 9.17) is 10.5 Å². The summed E-state index contributed by atoms with van der Waals surface area (Å²) in [5, 5.41) is 0. The zero-order valence-electron chi connectivity index (χ0n) is 11.8. The largest absolute Gasteiger partial charge is 0.496 e. The molecular weight excluding hydrogens is 240 g/mol. The average molecular weight is 262 g/mol. The van der Waals surface area contributed by atoms with E-state index >= 15 is 0 Å². The minimum atomic E-state index is -0.0996. The van der Waals surface area contributed by atoms with Gasteiger partial charge in [-0.25, -0.2) is 0 Å². The molecule has 0 aromatic heterocycles. The van der Waals surface area contributed by atoms with Crippen molar-refractivity contribution in [3.63, 3.8) is 0 Å². The maximum atomic E-state index is 12.2. The van der Waals surface area contributed by atoms with E-state index in [1.807, 2.05) is 43.0 Å². The number of benzene rings is 1. The van der Waals surface area contributed by atoms with E-state index in [2.05, 4.69) is 0 Å². The molecule has 1 fully saturated rings. The van der Waals surface area contributed by atoms with Crippen molar-refractivity contribution in [2.45, 2.75) is 44.8 Å². The summed E-state index contributed by atoms with van der Waals surface area (Å²) in [6.07, 6.45) is 1.26. The highest BCUT2D eigenvalue weighted by Crippen LogP contribution is 2.36. The molecule has 1 heterocycles. The maximum Gasteiger partial charge on any atom is 0.223 e. The Labute approximate surface area is 114 Å². The summed E-state index contributed by atoms with van der Waals surface area (Å²) < 4.78 is 5.42. The molecule has 2 N–H and O–H groups in total. The molecule has 0 bridgehead atoms. The smallest absolute Gasteiger partial charge is 0.223 e. The van der Waals surface area contributed by atoms with Crippen molar-refractivity contribution >= 4 is 5.91 Å². The molecule has 4 nitrogen and oxygen atoms in total. The van der Waals surface area contributed by atoms with Crippen LogP contribution in [0.15, 0.2) is 24.3 Å². The Kier molecular flexibility index (Phi) is 4.10. The van der Waals surface area contributed by atoms with Crippen LogP contribution in [0, 0.1) is 0 Å². The molecule has 2 rings (SSSR count). The lowest BCUT2D eigenvalue weighted by Crippen LogP contribution is -2.51. The highest BCUT2D eigenvalue weighted by molar-refractivity contribution is 5.78. The van der Waals surface area contributed by atoms with Gasteiger partial charge in [0.1, 0.15) is 5.75 Å². The minimum Gasteiger partial charge on any atom is -0.496 e. The normalized spacial score (nSPS) is 23.8. The SMILES string of the molecule is COc1ccccc1C1C(N)CCC(=O)N1C(C)C. The van der Waals surface area contributed by atoms with Crippen LogP contribution in [0.3, 0.4) is 0 Å². The predicted molar refractivity (Wildman–Crippen MR) is 74.9 cm³/mol. The van der Waals surface area contributed by atoms with Crippen LogP contribution in [0.5, 0.6) is 5.75 Å². The summed E-state index contributed by atoms with van der Waals surface area (Å²) in [6.45, 7) is 4.05. The Morgan fingerprint density at radius 2 is 2.05 bits per heavy atom. The summed E-state index contributed by atoms with van der Waals surface area (Å²) in [5.41, 5.74) is 7.27. The number of carbonyl (C=O) groups excluding carboxylic acids is 1. The Morgan fingerprint density at radius 1 is 1.37 bits per heavy atom. The van der Waals surface area contributed by atoms with Crippen LogP contribution in [0.1, 0.15) is 38.3 Å². The van der Waals surface area contributed by atoms with Gasteiger partial charge in [0.2, 0.25) is 5.91 Å². The number of para-hydroxylation sites is 1. The fourth-order valence-corrected chi connectivity index (χ4v) is 2.84. The van der Waals surface area contributed by atoms with Gasteiger partial charge in [-0.3, -0.25) is 4.79 Å². The predicted octanol–water partition coefficient (Wildman–Crippen LogP) is 2.09. The number of carbonyl (C=O) groups is 1. The molecule has 1 saturated heterocycles. The second kappa shape index (κ2) is 5.61. The first-order chi connectivity index (χ1) is 9.06. The lowest BCUT2D eigenvalue weighted by atomic mass is 9.89. The van der Waals surface area contributed by atoms with E-state index in [9.17, 15) is 4.79 Å². The molecule has 1 aliphatic heterocycles. The first kappa shape index (κ1) is 13.9. The first-order valence-electron chi connectivity index (χ1n) is 6.76. The van der Waals surface area contributed by atoms with Crippen molar-refractivity contribution in [3.8, 4) is 5.75 Å². The van der Waals surface area contributed by atoms with E-state index in [0.29, 0.717) is 6.42 Å². The number of hydrogen-bond donors (Lipinski definition) is 1. The van der Waals surface area contributed by atoms with E-state index in [1.165, 1.54) is 0 Å². The van der Waals surface area contributed by atoms with Gasteiger partial charge >= 0.3 is 0 Å². The minimum absolute atomic E-state index is 0.0450. The number of amides is 1. The van der Waals surface area contributed by atoms with Crippen molar-refractivity contribution in [2.75, 3.05) is 7.11 Å². The third-order valence-electron chi connectivity index (χ3n) is 3.70. The fourth-order valence-electron chi connectivity index (χ4n) is 2.84. The molecule has 0 aliphatic carbocycles. The van der Waals surface area contributed by atoms with Crippen LogP contribution >= 0.6 is 0 Å². The van der Waals surface area contributed by atoms with Gasteiger partial charge in [-0.2, -0.15) is 0 Å². The highest BCUT2D eigenvalue weighted by atomic mass is 16.5. The van der Waals surface area contributed by atoms with Crippen molar-refractivity contribution in [3.05, 3.63) is 29.8 Å². The van der Waals surface area contributed by atoms with Gasteiger partial charge in [-0.1, -0.05) is 18.2 Å². The molecule has 0 saturated carbocycles. The van der Waals surface area contributed by atoms with Crippen molar-refractivity contribution in [2.24, 2.45) is 5.73 Å². The van der Waals surface area contributed by atoms with Gasteiger partial charge in [-0.15, -0.1) is 0 Å². The molecule has 0 radical (unpaired) electrons. The first-order valence-corrected chi connectivity index (χ1v) is 6.76. The molecule has 1 aliphatic rings. The van der Waals surface area contributed by atoms with Gasteiger partial charge in [0.15, 0.2) is 0 Å². The zero-order valence-corrected chi connectivity index (χ0v) is 11.8. The van der Waals surface area contributed by atoms with Gasteiger partial charge < -0.3 is 15.4 Å². The molecule has 1 amide bonds. The number of nitrogens with zero attached hydrogens (tertiary/aromatic N) is 1. The third kappa shape index (κ3) is 2.59. The number of hydrogen-bond acceptors (Lipinski definition) is 3. The zero-order chi connectivity index (χ0) is 14.0. The number of piperidine rings is 1. The number of methoxy groups -OCH3 is 1. The monoisotopic (exact) mass is 262 g/mol. The Morgan fingerprint density at radius 3 is 2.68 bits per heavy atom. The third-order valence-corrected chi connectivity index (χ3v) is 3.70. The molecule has 2 unspecified atom stereocenters. The fraction of sp³-hybridized carbons (Fsp3) is 0.533. The van der Waals surface area contributed by atoms with Crippen LogP contribution in [-0.4, -0.2) is 30.0 Å². The van der Waals surface area contributed by atoms with Gasteiger partial charge in [0, 0.05) is 24.1 Å². The standard InChI is InChI=1S/C15H22N2O2/c1-10(2)17-14(18)9-8-12(16)15(17)11-6-4-5-7-13(11)19-3/h4-7,10,12,15H,8-9,16H2,1-3H3. The lowest BCUT2D eigenvalue weighted by molar-refractivity contribution is -0.139. The van der Waals surface area contributed by atoms with Crippen LogP contribution in [0.2, 0.25) is 0 Å². The molecule has 2 atom stereocenters. The number of ether oxygens (including phenoxy) is 1. The van der Waals surface area contributed by atoms with Gasteiger partial charge in [0.05, 0.1) is 13.2 Å². The number of nitrogens with two attached hydrogens (primary N) is 1. The molecule has 1 aromatic rings. The molecule has 0 spiro atoms. The van der Waals surface area contributed by atoms with Crippen LogP contribution in [0.4, 0.5) is 0 Å². The van der Waals surface area contributed by atoms with E-state index in [1.54, 1.807) is 7.11 Å². The summed E-state index contributed by atoms with van der Waals surface area (Å²) in [4.78, 5) is 14.1. The summed E-state index contributed by atoms with van der Waals surface area (Å²) in [7, 11) is 1.65. The van der Waals surface area contributed by atoms with Crippen molar-refractivity contribution < 1.29 is 9.53 Å². The lowest BCUT2D eigenvalue weighted by Gasteiger charge is -2.42. The van der Waals surface area contributed by atoms with Gasteiger partial charge in [-0.05, 0) is 26.3 Å². The summed E-state index contributed by atoms with van der Waals surface area (Å²) in [6, 6.07) is 7.79. The average Bonchev–Trinajstić information content (AvgIpc) is 2.40. The molecule has 4 heteroatoms. The quantitative estimate of drug-likeness (QED) is 0.907. The van der Waals surface area contributed by atoms with E-state index in [0.717, 1.165) is 17.7 Å². The Bertz CT molecular complexity index is 459. The second-order valence-electron chi connectivity index (χ2n) is 5.28. The van der Waals surface area contributed by atoms with Crippen LogP contribution in [0.25, 0.3) is 0 Å². The Balaban J connectivity index is 2.45. The topological polar surface area (TPSA) is 55.6 Å². The van der Waals surface area contributed by atoms with Gasteiger partial charge in [0.25, 0.3) is 0 Å². The number of likely N-dealkylation sites (tertiary alicyclic amines) is 1. The second-order valence-corrected chi connectivity index (χ2v) is 5.28. The van der Waals surface area contributed by atoms with Crippen molar-refractivity contribution in [1.29, 1.82) is 0 Å². The maximum absolute atomic E-state index is 12.2. The summed E-state index contributed by atoms with van der Waals surface area (Å²) in [5.74, 6) is 0.968. The molecule has 1 aromatic carbocycles. The van der Waals surface area contributed by atoms with E-state index in [-0.39, 0.29) is 24.0 Å². The number of rotatable bonds is 3. The van der Waals surface area contributed by atoms with Crippen molar-refractivity contribution in [1.82, 2.24) is 4.90 Å². The summed E-state index contributed by atoms with van der Waals surface area (Å²) >= 11 is 0. The highest BCUT2D eigenvalue weighted by Gasteiger charge is 2.37. The molecular formula is C15H22N2O2. The Hall–Kier alpha value is -1.55. The van der Waals surface area contributed by atoms with E-state index < -0.39 is 0 Å². The molecule has 19 heavy (non-hydrogen) atoms. The van der Waals surface area contributed by atoms with Crippen LogP contribution < -0.4 is 10.5 Å².